The molecule has 3 aromatic rings. The molecule has 2 aromatic heterocycles. The standard InChI is InChI=1S/C11H10N4O/c12-6-11-14-13-10-4-1-7-5-8(16)2-3-9(7)15(10)11/h1-5,16H,6,12H2. The Morgan fingerprint density at radius 3 is 2.88 bits per heavy atom. The molecule has 0 aliphatic heterocycles. The fraction of sp³-hybridized carbons (Fsp3) is 0.0909. The van der Waals surface area contributed by atoms with Gasteiger partial charge in [0.2, 0.25) is 0 Å². The molecule has 0 saturated heterocycles. The number of aromatic hydroxyl groups is 1. The lowest BCUT2D eigenvalue weighted by Gasteiger charge is -2.03. The van der Waals surface area contributed by atoms with Crippen LogP contribution in [0.5, 0.6) is 5.75 Å². The highest BCUT2D eigenvalue weighted by Crippen LogP contribution is 2.21. The zero-order chi connectivity index (χ0) is 11.1. The lowest BCUT2D eigenvalue weighted by atomic mass is 10.2. The van der Waals surface area contributed by atoms with Crippen molar-refractivity contribution >= 4 is 16.6 Å². The van der Waals surface area contributed by atoms with E-state index >= 15 is 0 Å². The molecule has 0 bridgehead atoms. The van der Waals surface area contributed by atoms with Crippen LogP contribution in [-0.2, 0) is 6.54 Å². The number of rotatable bonds is 1. The van der Waals surface area contributed by atoms with E-state index in [9.17, 15) is 5.11 Å². The number of hydrogen-bond acceptors (Lipinski definition) is 4. The van der Waals surface area contributed by atoms with E-state index in [0.717, 1.165) is 16.6 Å². The lowest BCUT2D eigenvalue weighted by molar-refractivity contribution is 0.476. The minimum Gasteiger partial charge on any atom is -0.508 e. The monoisotopic (exact) mass is 214 g/mol. The van der Waals surface area contributed by atoms with Crippen LogP contribution in [-0.4, -0.2) is 19.7 Å². The Kier molecular flexibility index (Phi) is 1.81. The van der Waals surface area contributed by atoms with Gasteiger partial charge in [-0.1, -0.05) is 0 Å². The second kappa shape index (κ2) is 3.18. The topological polar surface area (TPSA) is 76.4 Å². The highest BCUT2D eigenvalue weighted by molar-refractivity contribution is 5.83. The third-order valence-electron chi connectivity index (χ3n) is 2.60. The number of nitrogens with zero attached hydrogens (tertiary/aromatic N) is 3. The number of fused-ring (bicyclic) bond motifs is 3. The van der Waals surface area contributed by atoms with E-state index < -0.39 is 0 Å². The molecule has 0 saturated carbocycles. The molecule has 5 nitrogen and oxygen atoms in total. The Labute approximate surface area is 91.1 Å². The molecule has 0 spiro atoms. The van der Waals surface area contributed by atoms with Crippen LogP contribution < -0.4 is 5.73 Å². The molecule has 0 atom stereocenters. The molecule has 0 aliphatic rings. The van der Waals surface area contributed by atoms with Gasteiger partial charge in [0.1, 0.15) is 5.75 Å². The molecule has 2 heterocycles. The molecule has 0 amide bonds. The van der Waals surface area contributed by atoms with Gasteiger partial charge in [0, 0.05) is 5.39 Å². The third-order valence-corrected chi connectivity index (χ3v) is 2.60. The number of nitrogens with two attached hydrogens (primary N) is 1. The molecular formula is C11H10N4O. The van der Waals surface area contributed by atoms with Gasteiger partial charge in [0.25, 0.3) is 0 Å². The van der Waals surface area contributed by atoms with E-state index in [4.69, 9.17) is 5.73 Å². The summed E-state index contributed by atoms with van der Waals surface area (Å²) in [5.41, 5.74) is 7.32. The summed E-state index contributed by atoms with van der Waals surface area (Å²) in [5.74, 6) is 0.959. The van der Waals surface area contributed by atoms with Gasteiger partial charge in [0.15, 0.2) is 11.5 Å². The van der Waals surface area contributed by atoms with Crippen molar-refractivity contribution < 1.29 is 5.11 Å². The Hall–Kier alpha value is -2.14. The van der Waals surface area contributed by atoms with Crippen molar-refractivity contribution in [3.63, 3.8) is 0 Å². The molecule has 0 unspecified atom stereocenters. The number of phenols is 1. The van der Waals surface area contributed by atoms with Crippen LogP contribution >= 0.6 is 0 Å². The molecule has 5 heteroatoms. The van der Waals surface area contributed by atoms with Crippen LogP contribution in [0.25, 0.3) is 16.6 Å². The Balaban J connectivity index is 2.51. The van der Waals surface area contributed by atoms with Gasteiger partial charge in [-0.05, 0) is 30.3 Å². The summed E-state index contributed by atoms with van der Waals surface area (Å²) in [5, 5.41) is 18.4. The fourth-order valence-corrected chi connectivity index (χ4v) is 1.88. The summed E-state index contributed by atoms with van der Waals surface area (Å²) in [4.78, 5) is 0. The van der Waals surface area contributed by atoms with Crippen LogP contribution in [0.3, 0.4) is 0 Å². The van der Waals surface area contributed by atoms with Crippen molar-refractivity contribution in [2.24, 2.45) is 5.73 Å². The van der Waals surface area contributed by atoms with Crippen molar-refractivity contribution in [1.29, 1.82) is 0 Å². The second-order valence-electron chi connectivity index (χ2n) is 3.59. The Morgan fingerprint density at radius 1 is 1.19 bits per heavy atom. The summed E-state index contributed by atoms with van der Waals surface area (Å²) >= 11 is 0. The molecule has 16 heavy (non-hydrogen) atoms. The van der Waals surface area contributed by atoms with E-state index in [1.807, 2.05) is 22.6 Å². The van der Waals surface area contributed by atoms with E-state index in [2.05, 4.69) is 10.2 Å². The van der Waals surface area contributed by atoms with Gasteiger partial charge in [-0.15, -0.1) is 10.2 Å². The smallest absolute Gasteiger partial charge is 0.161 e. The molecule has 1 aromatic carbocycles. The Bertz CT molecular complexity index is 674. The van der Waals surface area contributed by atoms with Crippen molar-refractivity contribution in [1.82, 2.24) is 14.6 Å². The summed E-state index contributed by atoms with van der Waals surface area (Å²) < 4.78 is 1.90. The molecule has 0 aliphatic carbocycles. The van der Waals surface area contributed by atoms with Crippen molar-refractivity contribution in [3.05, 3.63) is 36.2 Å². The van der Waals surface area contributed by atoms with Gasteiger partial charge in [-0.3, -0.25) is 4.40 Å². The predicted molar refractivity (Wildman–Crippen MR) is 60.0 cm³/mol. The van der Waals surface area contributed by atoms with Crippen molar-refractivity contribution in [2.75, 3.05) is 0 Å². The molecule has 0 fully saturated rings. The van der Waals surface area contributed by atoms with Crippen molar-refractivity contribution in [2.45, 2.75) is 6.54 Å². The lowest BCUT2D eigenvalue weighted by Crippen LogP contribution is -2.03. The van der Waals surface area contributed by atoms with Gasteiger partial charge < -0.3 is 10.8 Å². The van der Waals surface area contributed by atoms with E-state index in [1.54, 1.807) is 12.1 Å². The number of hydrogen-bond donors (Lipinski definition) is 2. The van der Waals surface area contributed by atoms with E-state index in [-0.39, 0.29) is 5.75 Å². The first kappa shape index (κ1) is 9.11. The minimum absolute atomic E-state index is 0.245. The van der Waals surface area contributed by atoms with Gasteiger partial charge >= 0.3 is 0 Å². The summed E-state index contributed by atoms with van der Waals surface area (Å²) in [6, 6.07) is 8.94. The van der Waals surface area contributed by atoms with Crippen molar-refractivity contribution in [3.8, 4) is 5.75 Å². The molecular weight excluding hydrogens is 204 g/mol. The number of benzene rings is 1. The molecule has 80 valence electrons. The van der Waals surface area contributed by atoms with Crippen LogP contribution in [0.15, 0.2) is 30.3 Å². The fourth-order valence-electron chi connectivity index (χ4n) is 1.88. The minimum atomic E-state index is 0.245. The average Bonchev–Trinajstić information content (AvgIpc) is 2.71. The number of phenolic OH excluding ortho intramolecular Hbond substituents is 1. The third kappa shape index (κ3) is 1.15. The van der Waals surface area contributed by atoms with E-state index in [1.165, 1.54) is 0 Å². The summed E-state index contributed by atoms with van der Waals surface area (Å²) in [6.07, 6.45) is 0. The normalized spacial score (nSPS) is 11.3. The summed E-state index contributed by atoms with van der Waals surface area (Å²) in [6.45, 7) is 0.334. The maximum absolute atomic E-state index is 9.41. The van der Waals surface area contributed by atoms with Crippen LogP contribution in [0.2, 0.25) is 0 Å². The first-order valence-corrected chi connectivity index (χ1v) is 4.95. The van der Waals surface area contributed by atoms with Gasteiger partial charge in [-0.25, -0.2) is 0 Å². The highest BCUT2D eigenvalue weighted by atomic mass is 16.3. The first-order chi connectivity index (χ1) is 7.79. The van der Waals surface area contributed by atoms with E-state index in [0.29, 0.717) is 12.4 Å². The largest absolute Gasteiger partial charge is 0.508 e. The summed E-state index contributed by atoms with van der Waals surface area (Å²) in [7, 11) is 0. The quantitative estimate of drug-likeness (QED) is 0.634. The maximum atomic E-state index is 9.41. The Morgan fingerprint density at radius 2 is 2.06 bits per heavy atom. The molecule has 3 N–H and O–H groups in total. The zero-order valence-electron chi connectivity index (χ0n) is 8.46. The molecule has 0 radical (unpaired) electrons. The number of aromatic nitrogens is 3. The molecule has 3 rings (SSSR count). The first-order valence-electron chi connectivity index (χ1n) is 4.95. The highest BCUT2D eigenvalue weighted by Gasteiger charge is 2.07. The van der Waals surface area contributed by atoms with Crippen LogP contribution in [0, 0.1) is 0 Å². The number of pyridine rings is 1. The van der Waals surface area contributed by atoms with Crippen LogP contribution in [0.4, 0.5) is 0 Å². The second-order valence-corrected chi connectivity index (χ2v) is 3.59. The van der Waals surface area contributed by atoms with Gasteiger partial charge in [-0.2, -0.15) is 0 Å². The predicted octanol–water partition coefficient (Wildman–Crippen LogP) is 1.05. The van der Waals surface area contributed by atoms with Gasteiger partial charge in [0.05, 0.1) is 12.1 Å². The maximum Gasteiger partial charge on any atom is 0.161 e. The average molecular weight is 214 g/mol. The zero-order valence-corrected chi connectivity index (χ0v) is 8.46. The SMILES string of the molecule is NCc1nnc2ccc3cc(O)ccc3n12. The van der Waals surface area contributed by atoms with Crippen LogP contribution in [0.1, 0.15) is 5.82 Å².